The van der Waals surface area contributed by atoms with Crippen molar-refractivity contribution in [1.29, 1.82) is 0 Å². The average Bonchev–Trinajstić information content (AvgIpc) is 2.61. The predicted octanol–water partition coefficient (Wildman–Crippen LogP) is 3.35. The number of para-hydroxylation sites is 1. The molecule has 0 aromatic heterocycles. The van der Waals surface area contributed by atoms with Crippen LogP contribution in [0, 0.1) is 0 Å². The quantitative estimate of drug-likeness (QED) is 0.825. The molecule has 2 aromatic rings. The zero-order chi connectivity index (χ0) is 15.2. The van der Waals surface area contributed by atoms with Crippen molar-refractivity contribution in [2.45, 2.75) is 0 Å². The Morgan fingerprint density at radius 1 is 0.773 bits per heavy atom. The molecule has 1 fully saturated rings. The molecule has 116 valence electrons. The summed E-state index contributed by atoms with van der Waals surface area (Å²) in [5.74, 6) is 0.850. The van der Waals surface area contributed by atoms with Crippen molar-refractivity contribution in [3.63, 3.8) is 0 Å². The first-order valence-corrected chi connectivity index (χ1v) is 8.50. The maximum atomic E-state index is 4.22. The summed E-state index contributed by atoms with van der Waals surface area (Å²) >= 11 is 4.22. The first-order valence-electron chi connectivity index (χ1n) is 7.86. The van der Waals surface area contributed by atoms with Crippen molar-refractivity contribution in [3.8, 4) is 0 Å². The topological polar surface area (TPSA) is 18.5 Å². The molecule has 3 nitrogen and oxygen atoms in total. The number of nitrogens with zero attached hydrogens (tertiary/aromatic N) is 2. The van der Waals surface area contributed by atoms with Gasteiger partial charge in [0, 0.05) is 55.5 Å². The Bertz CT molecular complexity index is 563. The standard InChI is InChI=1S/C18H23N3S/c22-15-10-19-16-6-8-18(9-7-16)21-13-11-20(12-14-21)17-4-2-1-3-5-17/h1-9,19,22H,10-15H2. The largest absolute Gasteiger partial charge is 0.384 e. The van der Waals surface area contributed by atoms with Crippen LogP contribution in [0.4, 0.5) is 17.1 Å². The molecule has 1 aliphatic rings. The van der Waals surface area contributed by atoms with Crippen molar-refractivity contribution in [2.24, 2.45) is 0 Å². The monoisotopic (exact) mass is 313 g/mol. The molecule has 22 heavy (non-hydrogen) atoms. The molecule has 4 heteroatoms. The number of piperazine rings is 1. The minimum absolute atomic E-state index is 0.850. The van der Waals surface area contributed by atoms with Crippen LogP contribution in [0.1, 0.15) is 0 Å². The molecular weight excluding hydrogens is 290 g/mol. The van der Waals surface area contributed by atoms with Crippen molar-refractivity contribution in [3.05, 3.63) is 54.6 Å². The SMILES string of the molecule is SCCNc1ccc(N2CCN(c3ccccc3)CC2)cc1. The lowest BCUT2D eigenvalue weighted by atomic mass is 10.2. The van der Waals surface area contributed by atoms with Crippen LogP contribution in [0.3, 0.4) is 0 Å². The minimum Gasteiger partial charge on any atom is -0.384 e. The molecule has 0 radical (unpaired) electrons. The summed E-state index contributed by atoms with van der Waals surface area (Å²) in [4.78, 5) is 4.92. The van der Waals surface area contributed by atoms with E-state index in [1.54, 1.807) is 0 Å². The van der Waals surface area contributed by atoms with Crippen molar-refractivity contribution in [2.75, 3.05) is 53.6 Å². The second-order valence-corrected chi connectivity index (χ2v) is 5.95. The molecule has 0 amide bonds. The fraction of sp³-hybridized carbons (Fsp3) is 0.333. The molecule has 0 aliphatic carbocycles. The number of benzene rings is 2. The van der Waals surface area contributed by atoms with Gasteiger partial charge >= 0.3 is 0 Å². The maximum Gasteiger partial charge on any atom is 0.0368 e. The van der Waals surface area contributed by atoms with Crippen LogP contribution >= 0.6 is 12.6 Å². The third kappa shape index (κ3) is 3.69. The molecule has 1 N–H and O–H groups in total. The Morgan fingerprint density at radius 2 is 1.32 bits per heavy atom. The molecule has 0 saturated carbocycles. The summed E-state index contributed by atoms with van der Waals surface area (Å²) in [6.07, 6.45) is 0. The maximum absolute atomic E-state index is 4.22. The van der Waals surface area contributed by atoms with E-state index in [4.69, 9.17) is 0 Å². The number of hydrogen-bond acceptors (Lipinski definition) is 4. The number of thiol groups is 1. The van der Waals surface area contributed by atoms with Gasteiger partial charge in [-0.05, 0) is 36.4 Å². The summed E-state index contributed by atoms with van der Waals surface area (Å²) in [7, 11) is 0. The van der Waals surface area contributed by atoms with Gasteiger partial charge in [0.25, 0.3) is 0 Å². The van der Waals surface area contributed by atoms with E-state index in [-0.39, 0.29) is 0 Å². The van der Waals surface area contributed by atoms with E-state index in [1.165, 1.54) is 17.1 Å². The van der Waals surface area contributed by atoms with Crippen LogP contribution in [0.25, 0.3) is 0 Å². The molecule has 2 aromatic carbocycles. The predicted molar refractivity (Wildman–Crippen MR) is 99.7 cm³/mol. The van der Waals surface area contributed by atoms with Gasteiger partial charge < -0.3 is 15.1 Å². The first kappa shape index (κ1) is 15.1. The van der Waals surface area contributed by atoms with Gasteiger partial charge in [0.1, 0.15) is 0 Å². The smallest absolute Gasteiger partial charge is 0.0368 e. The van der Waals surface area contributed by atoms with Gasteiger partial charge in [-0.2, -0.15) is 12.6 Å². The van der Waals surface area contributed by atoms with E-state index in [0.717, 1.165) is 38.5 Å². The van der Waals surface area contributed by atoms with Crippen molar-refractivity contribution >= 4 is 29.7 Å². The highest BCUT2D eigenvalue weighted by Crippen LogP contribution is 2.21. The molecular formula is C18H23N3S. The molecule has 3 rings (SSSR count). The highest BCUT2D eigenvalue weighted by molar-refractivity contribution is 7.80. The highest BCUT2D eigenvalue weighted by Gasteiger charge is 2.17. The second kappa shape index (κ2) is 7.45. The summed E-state index contributed by atoms with van der Waals surface area (Å²) in [5.41, 5.74) is 3.80. The van der Waals surface area contributed by atoms with E-state index in [2.05, 4.69) is 82.3 Å². The fourth-order valence-electron chi connectivity index (χ4n) is 2.85. The summed E-state index contributed by atoms with van der Waals surface area (Å²) < 4.78 is 0. The molecule has 0 atom stereocenters. The lowest BCUT2D eigenvalue weighted by molar-refractivity contribution is 0.653. The third-order valence-electron chi connectivity index (χ3n) is 4.07. The zero-order valence-electron chi connectivity index (χ0n) is 12.8. The normalized spacial score (nSPS) is 15.0. The van der Waals surface area contributed by atoms with E-state index >= 15 is 0 Å². The molecule has 0 bridgehead atoms. The number of anilines is 3. The van der Waals surface area contributed by atoms with Gasteiger partial charge in [-0.3, -0.25) is 0 Å². The van der Waals surface area contributed by atoms with E-state index < -0.39 is 0 Å². The van der Waals surface area contributed by atoms with E-state index in [9.17, 15) is 0 Å². The molecule has 0 unspecified atom stereocenters. The van der Waals surface area contributed by atoms with Crippen LogP contribution < -0.4 is 15.1 Å². The Morgan fingerprint density at radius 3 is 1.86 bits per heavy atom. The first-order chi connectivity index (χ1) is 10.9. The van der Waals surface area contributed by atoms with Crippen molar-refractivity contribution in [1.82, 2.24) is 0 Å². The molecule has 1 heterocycles. The van der Waals surface area contributed by atoms with E-state index in [1.807, 2.05) is 0 Å². The molecule has 0 spiro atoms. The summed E-state index contributed by atoms with van der Waals surface area (Å²) in [6, 6.07) is 19.4. The average molecular weight is 313 g/mol. The van der Waals surface area contributed by atoms with Gasteiger partial charge in [-0.15, -0.1) is 0 Å². The Hall–Kier alpha value is -1.81. The number of rotatable bonds is 5. The Kier molecular flexibility index (Phi) is 5.11. The van der Waals surface area contributed by atoms with Gasteiger partial charge in [-0.1, -0.05) is 18.2 Å². The third-order valence-corrected chi connectivity index (χ3v) is 4.30. The summed E-state index contributed by atoms with van der Waals surface area (Å²) in [5, 5.41) is 3.35. The Balaban J connectivity index is 1.57. The lowest BCUT2D eigenvalue weighted by Gasteiger charge is -2.37. The number of nitrogens with one attached hydrogen (secondary N) is 1. The highest BCUT2D eigenvalue weighted by atomic mass is 32.1. The van der Waals surface area contributed by atoms with Crippen LogP contribution in [-0.2, 0) is 0 Å². The lowest BCUT2D eigenvalue weighted by Crippen LogP contribution is -2.46. The zero-order valence-corrected chi connectivity index (χ0v) is 13.7. The van der Waals surface area contributed by atoms with Gasteiger partial charge in [-0.25, -0.2) is 0 Å². The molecule has 1 saturated heterocycles. The Labute approximate surface area is 138 Å². The van der Waals surface area contributed by atoms with Gasteiger partial charge in [0.15, 0.2) is 0 Å². The van der Waals surface area contributed by atoms with Crippen LogP contribution in [0.5, 0.6) is 0 Å². The molecule has 1 aliphatic heterocycles. The van der Waals surface area contributed by atoms with Crippen LogP contribution in [0.15, 0.2) is 54.6 Å². The number of hydrogen-bond donors (Lipinski definition) is 2. The van der Waals surface area contributed by atoms with Gasteiger partial charge in [0.05, 0.1) is 0 Å². The van der Waals surface area contributed by atoms with Crippen molar-refractivity contribution < 1.29 is 0 Å². The summed E-state index contributed by atoms with van der Waals surface area (Å²) in [6.45, 7) is 5.18. The van der Waals surface area contributed by atoms with Crippen LogP contribution in [-0.4, -0.2) is 38.5 Å². The van der Waals surface area contributed by atoms with Gasteiger partial charge in [0.2, 0.25) is 0 Å². The minimum atomic E-state index is 0.850. The van der Waals surface area contributed by atoms with E-state index in [0.29, 0.717) is 0 Å². The fourth-order valence-corrected chi connectivity index (χ4v) is 2.96. The second-order valence-electron chi connectivity index (χ2n) is 5.51. The van der Waals surface area contributed by atoms with Crippen LogP contribution in [0.2, 0.25) is 0 Å².